The Morgan fingerprint density at radius 3 is 2.58 bits per heavy atom. The summed E-state index contributed by atoms with van der Waals surface area (Å²) in [6, 6.07) is 0. The number of hydrogen-bond donors (Lipinski definition) is 4. The van der Waals surface area contributed by atoms with E-state index in [4.69, 9.17) is 0 Å². The van der Waals surface area contributed by atoms with Crippen LogP contribution < -0.4 is 49.0 Å². The molecule has 4 N–H and O–H groups in total. The van der Waals surface area contributed by atoms with Crippen molar-refractivity contribution in [1.82, 2.24) is 19.4 Å². The van der Waals surface area contributed by atoms with Crippen molar-refractivity contribution in [2.24, 2.45) is 4.52 Å². The van der Waals surface area contributed by atoms with Crippen LogP contribution in [0.4, 0.5) is 0 Å². The third-order valence-corrected chi connectivity index (χ3v) is 4.21. The van der Waals surface area contributed by atoms with Crippen LogP contribution in [0, 0.1) is 0 Å². The molecule has 0 aromatic carbocycles. The Morgan fingerprint density at radius 1 is 1.25 bits per heavy atom. The molecular weight excluding hydrogens is 279 g/mol. The summed E-state index contributed by atoms with van der Waals surface area (Å²) in [5.74, 6) is 0. The second-order valence-electron chi connectivity index (χ2n) is 1.09. The summed E-state index contributed by atoms with van der Waals surface area (Å²) in [4.78, 5) is 12.0. The molecule has 0 saturated heterocycles. The maximum atomic E-state index is 4.09. The molecule has 0 aromatic heterocycles. The van der Waals surface area contributed by atoms with Crippen molar-refractivity contribution < 1.29 is 31.0 Å². The van der Waals surface area contributed by atoms with Gasteiger partial charge < -0.3 is 1.43 Å². The Balaban J connectivity index is -0.000000500. The second kappa shape index (κ2) is 16.5. The Morgan fingerprint density at radius 2 is 2.00 bits per heavy atom. The van der Waals surface area contributed by atoms with Crippen LogP contribution >= 0.6 is 54.0 Å². The minimum atomic E-state index is 0. The van der Waals surface area contributed by atoms with Crippen molar-refractivity contribution in [1.29, 1.82) is 0 Å². The van der Waals surface area contributed by atoms with Crippen molar-refractivity contribution in [3.63, 3.8) is 0 Å². The first kappa shape index (κ1) is 17.5. The van der Waals surface area contributed by atoms with Gasteiger partial charge in [0.05, 0.1) is 8.88 Å². The van der Waals surface area contributed by atoms with Crippen LogP contribution in [0.1, 0.15) is 1.43 Å². The Labute approximate surface area is 108 Å². The molecule has 0 saturated carbocycles. The van der Waals surface area contributed by atoms with Gasteiger partial charge in [-0.05, 0) is 0 Å². The summed E-state index contributed by atoms with van der Waals surface area (Å²) in [5, 5.41) is 0. The fourth-order valence-corrected chi connectivity index (χ4v) is 3.91. The first-order chi connectivity index (χ1) is 5.41. The molecule has 0 heterocycles. The van der Waals surface area contributed by atoms with E-state index < -0.39 is 0 Å². The van der Waals surface area contributed by atoms with E-state index in [1.165, 1.54) is 0 Å². The molecule has 0 fully saturated rings. The van der Waals surface area contributed by atoms with Gasteiger partial charge in [-0.1, -0.05) is 18.8 Å². The molecule has 5 atom stereocenters. The molecule has 0 bridgehead atoms. The molecule has 68 valence electrons. The van der Waals surface area contributed by atoms with Gasteiger partial charge in [-0.2, -0.15) is 0 Å². The van der Waals surface area contributed by atoms with Crippen molar-refractivity contribution in [3.8, 4) is 0 Å². The summed E-state index contributed by atoms with van der Waals surface area (Å²) < 4.78 is 4.09. The third kappa shape index (κ3) is 15.6. The van der Waals surface area contributed by atoms with Crippen molar-refractivity contribution in [2.75, 3.05) is 0 Å². The van der Waals surface area contributed by atoms with Gasteiger partial charge in [0.15, 0.2) is 0 Å². The predicted molar refractivity (Wildman–Crippen MR) is 67.4 cm³/mol. The maximum Gasteiger partial charge on any atom is 1.00 e. The molecule has 0 aliphatic carbocycles. The zero-order valence-electron chi connectivity index (χ0n) is 7.55. The maximum absolute atomic E-state index is 4.09. The minimum Gasteiger partial charge on any atom is -1.00 e. The van der Waals surface area contributed by atoms with Gasteiger partial charge in [0.1, 0.15) is 8.52 Å². The predicted octanol–water partition coefficient (Wildman–Crippen LogP) is -1.39. The van der Waals surface area contributed by atoms with Crippen LogP contribution in [0.5, 0.6) is 0 Å². The molecule has 5 nitrogen and oxygen atoms in total. The van der Waals surface area contributed by atoms with Crippen LogP contribution in [0.2, 0.25) is 0 Å². The van der Waals surface area contributed by atoms with E-state index >= 15 is 0 Å². The number of hydrogen-bond acceptors (Lipinski definition) is 4. The summed E-state index contributed by atoms with van der Waals surface area (Å²) >= 11 is 0. The number of nitrogens with zero attached hydrogens (tertiary/aromatic N) is 1. The fourth-order valence-electron chi connectivity index (χ4n) is 0.199. The zero-order valence-corrected chi connectivity index (χ0v) is 14.8. The molecule has 0 aliphatic rings. The molecular formula is H12N5NaP6. The average molecular weight is 291 g/mol. The quantitative estimate of drug-likeness (QED) is 0.265. The average Bonchev–Trinajstić information content (AvgIpc) is 2.03. The zero-order chi connectivity index (χ0) is 8.36. The smallest absolute Gasteiger partial charge is 1.00 e. The van der Waals surface area contributed by atoms with Gasteiger partial charge in [0, 0.05) is 17.8 Å². The molecule has 0 rings (SSSR count). The van der Waals surface area contributed by atoms with E-state index in [1.54, 1.807) is 0 Å². The standard InChI is InChI=1S/H11N5P6.Na.H/c6-1-8-3-10-5-11-4-9-2-7;;/h1-3,8-10H,6-7H2,(H,4,5);;/q;+1;-1. The van der Waals surface area contributed by atoms with E-state index in [2.05, 4.69) is 42.7 Å². The molecule has 0 spiro atoms. The summed E-state index contributed by atoms with van der Waals surface area (Å²) in [7, 11) is 7.34. The van der Waals surface area contributed by atoms with E-state index in [0.29, 0.717) is 26.6 Å². The van der Waals surface area contributed by atoms with Gasteiger partial charge in [0.25, 0.3) is 0 Å². The van der Waals surface area contributed by atoms with E-state index in [-0.39, 0.29) is 31.0 Å². The number of nitrogens with one attached hydrogen (secondary N) is 4. The van der Waals surface area contributed by atoms with Gasteiger partial charge in [-0.25, -0.2) is 9.37 Å². The van der Waals surface area contributed by atoms with Crippen LogP contribution in [0.25, 0.3) is 0 Å². The summed E-state index contributed by atoms with van der Waals surface area (Å²) in [5.41, 5.74) is 0. The van der Waals surface area contributed by atoms with Crippen LogP contribution in [-0.2, 0) is 0 Å². The largest absolute Gasteiger partial charge is 1.00 e. The monoisotopic (exact) mass is 291 g/mol. The Kier molecular flexibility index (Phi) is 24.1. The van der Waals surface area contributed by atoms with Gasteiger partial charge >= 0.3 is 29.6 Å². The molecule has 0 aliphatic heterocycles. The van der Waals surface area contributed by atoms with E-state index in [1.807, 2.05) is 0 Å². The van der Waals surface area contributed by atoms with Crippen molar-refractivity contribution >= 4 is 54.0 Å². The van der Waals surface area contributed by atoms with Gasteiger partial charge in [-0.3, -0.25) is 14.6 Å². The van der Waals surface area contributed by atoms with Crippen molar-refractivity contribution in [2.45, 2.75) is 0 Å². The van der Waals surface area contributed by atoms with E-state index in [9.17, 15) is 0 Å². The topological polar surface area (TPSA) is 60.5 Å². The van der Waals surface area contributed by atoms with Crippen LogP contribution in [-0.4, -0.2) is 0 Å². The Bertz CT molecular complexity index is 103. The van der Waals surface area contributed by atoms with Gasteiger partial charge in [-0.15, -0.1) is 0 Å². The molecule has 0 aromatic rings. The second-order valence-corrected chi connectivity index (χ2v) is 7.01. The molecule has 5 unspecified atom stereocenters. The van der Waals surface area contributed by atoms with Crippen molar-refractivity contribution in [3.05, 3.63) is 0 Å². The normalized spacial score (nSPS) is 13.2. The third-order valence-electron chi connectivity index (χ3n) is 0.468. The first-order valence-corrected chi connectivity index (χ1v) is 7.42. The fraction of sp³-hybridized carbons (Fsp3) is 0. The molecule has 0 amide bonds. The van der Waals surface area contributed by atoms with E-state index in [0.717, 1.165) is 8.52 Å². The van der Waals surface area contributed by atoms with Gasteiger partial charge in [0.2, 0.25) is 0 Å². The number of rotatable bonds is 7. The molecule has 12 heavy (non-hydrogen) atoms. The summed E-state index contributed by atoms with van der Waals surface area (Å²) in [6.45, 7) is 0. The van der Waals surface area contributed by atoms with Crippen LogP contribution in [0.3, 0.4) is 0 Å². The van der Waals surface area contributed by atoms with Crippen LogP contribution in [0.15, 0.2) is 4.52 Å². The molecule has 0 radical (unpaired) electrons. The molecule has 12 heteroatoms. The summed E-state index contributed by atoms with van der Waals surface area (Å²) in [6.07, 6.45) is 0. The Hall–Kier alpha value is 3.09. The SMILES string of the molecule is PNPN=PNPNPNP.[H-].[Na+]. The minimum absolute atomic E-state index is 0. The first-order valence-electron chi connectivity index (χ1n) is 2.47.